The molecule has 0 amide bonds. The van der Waals surface area contributed by atoms with Crippen molar-refractivity contribution >= 4 is 42.6 Å². The summed E-state index contributed by atoms with van der Waals surface area (Å²) in [6.07, 6.45) is 4.52. The topological polar surface area (TPSA) is 92.5 Å². The van der Waals surface area contributed by atoms with Crippen molar-refractivity contribution in [3.8, 4) is 0 Å². The minimum absolute atomic E-state index is 0.00897. The molecular formula is C24H30ClN2O4P-2. The standard InChI is InChI=1S/C24H30ClN2.H3O4P/c1-6-27(16-15-25)20-13-11-19(18(2)17-20)12-14-23-24(3,4)21-9-7-8-10-22(21)26(23)5;1-5(2,3)4/h7-14,17H,6,15-16H2,1-5H3;(H3,1,2,3,4)/q+1;/p-3. The summed E-state index contributed by atoms with van der Waals surface area (Å²) in [5, 5.41) is 0. The molecule has 0 radical (unpaired) electrons. The SMILES string of the molecule is CCN(CCCl)c1ccc(/C=C/C2=[N+](C)c3ccccc3C2(C)C)c(C)c1.O=P([O-])([O-])[O-]. The molecule has 0 unspecified atom stereocenters. The van der Waals surface area contributed by atoms with Gasteiger partial charge in [0.15, 0.2) is 5.71 Å². The molecule has 0 aromatic heterocycles. The molecule has 0 saturated heterocycles. The zero-order chi connectivity index (χ0) is 24.1. The molecule has 3 rings (SSSR count). The van der Waals surface area contributed by atoms with E-state index in [1.807, 2.05) is 0 Å². The number of benzene rings is 2. The Kier molecular flexibility index (Phi) is 8.86. The van der Waals surface area contributed by atoms with Crippen LogP contribution < -0.4 is 19.6 Å². The van der Waals surface area contributed by atoms with Gasteiger partial charge in [0, 0.05) is 42.4 Å². The van der Waals surface area contributed by atoms with Crippen LogP contribution in [-0.2, 0) is 9.98 Å². The van der Waals surface area contributed by atoms with Gasteiger partial charge in [-0.05, 0) is 57.0 Å². The average molecular weight is 477 g/mol. The van der Waals surface area contributed by atoms with Gasteiger partial charge in [0.25, 0.3) is 0 Å². The van der Waals surface area contributed by atoms with Crippen molar-refractivity contribution < 1.29 is 23.8 Å². The molecule has 2 aromatic carbocycles. The second-order valence-corrected chi connectivity index (χ2v) is 9.45. The third-order valence-corrected chi connectivity index (χ3v) is 5.88. The van der Waals surface area contributed by atoms with E-state index in [2.05, 4.69) is 98.8 Å². The van der Waals surface area contributed by atoms with Gasteiger partial charge in [-0.2, -0.15) is 12.4 Å². The lowest BCUT2D eigenvalue weighted by molar-refractivity contribution is -0.432. The number of para-hydroxylation sites is 1. The number of hydrogen-bond donors (Lipinski definition) is 0. The fraction of sp³-hybridized carbons (Fsp3) is 0.375. The molecule has 6 nitrogen and oxygen atoms in total. The number of aryl methyl sites for hydroxylation is 1. The van der Waals surface area contributed by atoms with E-state index in [0.29, 0.717) is 5.88 Å². The predicted molar refractivity (Wildman–Crippen MR) is 127 cm³/mol. The molecule has 1 aliphatic heterocycles. The maximum Gasteiger partial charge on any atom is 0.209 e. The second kappa shape index (κ2) is 10.8. The molecule has 1 heterocycles. The predicted octanol–water partition coefficient (Wildman–Crippen LogP) is 2.95. The van der Waals surface area contributed by atoms with Crippen LogP contribution in [0.2, 0.25) is 0 Å². The van der Waals surface area contributed by atoms with E-state index < -0.39 is 7.82 Å². The summed E-state index contributed by atoms with van der Waals surface area (Å²) in [6.45, 7) is 10.8. The first-order valence-corrected chi connectivity index (χ1v) is 12.4. The number of hydrogen-bond acceptors (Lipinski definition) is 5. The van der Waals surface area contributed by atoms with Crippen molar-refractivity contribution in [1.29, 1.82) is 0 Å². The van der Waals surface area contributed by atoms with Crippen molar-refractivity contribution in [2.45, 2.75) is 33.1 Å². The molecular weight excluding hydrogens is 447 g/mol. The minimum Gasteiger partial charge on any atom is -0.822 e. The molecule has 1 aliphatic rings. The van der Waals surface area contributed by atoms with Crippen LogP contribution in [0.4, 0.5) is 11.4 Å². The molecule has 8 heteroatoms. The van der Waals surface area contributed by atoms with Crippen LogP contribution in [0.1, 0.15) is 37.5 Å². The van der Waals surface area contributed by atoms with Gasteiger partial charge in [-0.3, -0.25) is 0 Å². The van der Waals surface area contributed by atoms with E-state index in [1.54, 1.807) is 0 Å². The third-order valence-electron chi connectivity index (χ3n) is 5.72. The van der Waals surface area contributed by atoms with Gasteiger partial charge in [0.1, 0.15) is 7.05 Å². The van der Waals surface area contributed by atoms with Crippen LogP contribution in [-0.4, -0.2) is 36.3 Å². The first-order valence-electron chi connectivity index (χ1n) is 10.4. The number of allylic oxidation sites excluding steroid dienone is 1. The zero-order valence-electron chi connectivity index (χ0n) is 19.2. The number of anilines is 1. The molecule has 174 valence electrons. The first-order chi connectivity index (χ1) is 14.9. The van der Waals surface area contributed by atoms with E-state index in [1.165, 1.54) is 33.8 Å². The van der Waals surface area contributed by atoms with Crippen LogP contribution in [0.5, 0.6) is 0 Å². The van der Waals surface area contributed by atoms with Gasteiger partial charge in [0.05, 0.1) is 5.41 Å². The third kappa shape index (κ3) is 6.53. The molecule has 32 heavy (non-hydrogen) atoms. The highest BCUT2D eigenvalue weighted by Crippen LogP contribution is 2.39. The smallest absolute Gasteiger partial charge is 0.209 e. The summed E-state index contributed by atoms with van der Waals surface area (Å²) in [7, 11) is -3.23. The number of halogens is 1. The fourth-order valence-corrected chi connectivity index (χ4v) is 4.29. The summed E-state index contributed by atoms with van der Waals surface area (Å²) in [6, 6.07) is 15.4. The zero-order valence-corrected chi connectivity index (χ0v) is 20.8. The number of fused-ring (bicyclic) bond motifs is 1. The van der Waals surface area contributed by atoms with Gasteiger partial charge >= 0.3 is 0 Å². The van der Waals surface area contributed by atoms with Crippen molar-refractivity contribution in [1.82, 2.24) is 0 Å². The van der Waals surface area contributed by atoms with Crippen molar-refractivity contribution in [3.63, 3.8) is 0 Å². The Labute approximate surface area is 195 Å². The van der Waals surface area contributed by atoms with E-state index in [4.69, 9.17) is 30.8 Å². The van der Waals surface area contributed by atoms with Crippen LogP contribution in [0.15, 0.2) is 48.5 Å². The molecule has 0 fully saturated rings. The summed E-state index contributed by atoms with van der Waals surface area (Å²) >= 11 is 5.94. The Bertz CT molecular complexity index is 1050. The Morgan fingerprint density at radius 1 is 1.12 bits per heavy atom. The molecule has 0 N–H and O–H groups in total. The number of rotatable bonds is 6. The van der Waals surface area contributed by atoms with Crippen molar-refractivity contribution in [3.05, 3.63) is 65.2 Å². The van der Waals surface area contributed by atoms with E-state index in [9.17, 15) is 0 Å². The minimum atomic E-state index is -5.39. The summed E-state index contributed by atoms with van der Waals surface area (Å²) in [5.74, 6) is 0.648. The Balaban J connectivity index is 0.000000654. The number of alkyl halides is 1. The van der Waals surface area contributed by atoms with E-state index in [0.717, 1.165) is 13.1 Å². The summed E-state index contributed by atoms with van der Waals surface area (Å²) in [4.78, 5) is 28.0. The maximum absolute atomic E-state index is 8.55. The van der Waals surface area contributed by atoms with E-state index >= 15 is 0 Å². The molecule has 0 aliphatic carbocycles. The van der Waals surface area contributed by atoms with Crippen LogP contribution in [0.3, 0.4) is 0 Å². The monoisotopic (exact) mass is 476 g/mol. The van der Waals surface area contributed by atoms with Gasteiger partial charge in [-0.15, -0.1) is 11.6 Å². The molecule has 0 spiro atoms. The normalized spacial score (nSPS) is 14.9. The number of phosphoric acid groups is 1. The Morgan fingerprint density at radius 2 is 1.75 bits per heavy atom. The molecule has 2 aromatic rings. The van der Waals surface area contributed by atoms with Crippen LogP contribution in [0, 0.1) is 6.92 Å². The Hall–Kier alpha value is -1.95. The van der Waals surface area contributed by atoms with Gasteiger partial charge in [-0.25, -0.2) is 0 Å². The highest BCUT2D eigenvalue weighted by Gasteiger charge is 2.42. The van der Waals surface area contributed by atoms with Gasteiger partial charge in [-0.1, -0.05) is 24.3 Å². The fourth-order valence-electron chi connectivity index (χ4n) is 4.09. The van der Waals surface area contributed by atoms with Crippen molar-refractivity contribution in [2.75, 3.05) is 30.9 Å². The average Bonchev–Trinajstić information content (AvgIpc) is 2.90. The highest BCUT2D eigenvalue weighted by molar-refractivity contribution is 7.40. The Morgan fingerprint density at radius 3 is 2.28 bits per heavy atom. The van der Waals surface area contributed by atoms with Crippen molar-refractivity contribution in [2.24, 2.45) is 0 Å². The largest absolute Gasteiger partial charge is 0.822 e. The second-order valence-electron chi connectivity index (χ2n) is 8.18. The lowest BCUT2D eigenvalue weighted by Gasteiger charge is -2.36. The molecule has 0 saturated carbocycles. The summed E-state index contributed by atoms with van der Waals surface area (Å²) in [5.41, 5.74) is 7.81. The lowest BCUT2D eigenvalue weighted by atomic mass is 9.81. The maximum atomic E-state index is 8.55. The molecule has 0 bridgehead atoms. The van der Waals surface area contributed by atoms with E-state index in [-0.39, 0.29) is 5.41 Å². The summed E-state index contributed by atoms with van der Waals surface area (Å²) < 4.78 is 10.9. The van der Waals surface area contributed by atoms with Crippen LogP contribution in [0.25, 0.3) is 6.08 Å². The molecule has 0 atom stereocenters. The highest BCUT2D eigenvalue weighted by atomic mass is 35.5. The first kappa shape index (κ1) is 26.3. The quantitative estimate of drug-likeness (QED) is 0.363. The number of nitrogens with zero attached hydrogens (tertiary/aromatic N) is 2. The van der Waals surface area contributed by atoms with Gasteiger partial charge < -0.3 is 24.1 Å². The van der Waals surface area contributed by atoms with Gasteiger partial charge in [0.2, 0.25) is 5.69 Å². The lowest BCUT2D eigenvalue weighted by Crippen LogP contribution is -2.26. The van der Waals surface area contributed by atoms with Crippen LogP contribution >= 0.6 is 19.4 Å².